The maximum Gasteiger partial charge on any atom is 0.255 e. The van der Waals surface area contributed by atoms with Crippen LogP contribution in [0.5, 0.6) is 0 Å². The molecule has 1 atom stereocenters. The molecule has 1 saturated heterocycles. The smallest absolute Gasteiger partial charge is 0.255 e. The molecule has 9 nitrogen and oxygen atoms in total. The van der Waals surface area contributed by atoms with Gasteiger partial charge < -0.3 is 16.0 Å². The molecule has 0 aromatic heterocycles. The van der Waals surface area contributed by atoms with E-state index in [1.807, 2.05) is 0 Å². The van der Waals surface area contributed by atoms with Crippen molar-refractivity contribution in [3.8, 4) is 0 Å². The van der Waals surface area contributed by atoms with Gasteiger partial charge in [-0.05, 0) is 31.4 Å². The molecule has 30 heavy (non-hydrogen) atoms. The number of carbonyl (C=O) groups excluding carboxylic acids is 5. The van der Waals surface area contributed by atoms with Crippen molar-refractivity contribution in [3.05, 3.63) is 29.3 Å². The summed E-state index contributed by atoms with van der Waals surface area (Å²) in [7, 11) is 0. The van der Waals surface area contributed by atoms with Gasteiger partial charge in [0.05, 0.1) is 0 Å². The SMILES string of the molecule is NC(=O)CCCCCCC(=O)Nc1cccc2c1CN(C1CCC(=O)NC1=O)C2=O. The maximum atomic E-state index is 12.8. The van der Waals surface area contributed by atoms with Crippen LogP contribution in [0.25, 0.3) is 0 Å². The Kier molecular flexibility index (Phi) is 6.81. The number of hydrogen-bond acceptors (Lipinski definition) is 5. The summed E-state index contributed by atoms with van der Waals surface area (Å²) < 4.78 is 0. The van der Waals surface area contributed by atoms with Crippen LogP contribution in [-0.2, 0) is 25.7 Å². The van der Waals surface area contributed by atoms with Crippen LogP contribution in [0.1, 0.15) is 67.3 Å². The van der Waals surface area contributed by atoms with Crippen molar-refractivity contribution >= 4 is 35.2 Å². The third kappa shape index (κ3) is 5.03. The number of nitrogens with zero attached hydrogens (tertiary/aromatic N) is 1. The van der Waals surface area contributed by atoms with Crippen molar-refractivity contribution in [2.45, 2.75) is 64.0 Å². The molecule has 9 heteroatoms. The highest BCUT2D eigenvalue weighted by atomic mass is 16.2. The van der Waals surface area contributed by atoms with Crippen LogP contribution in [0.15, 0.2) is 18.2 Å². The molecule has 1 aromatic carbocycles. The van der Waals surface area contributed by atoms with Gasteiger partial charge in [-0.2, -0.15) is 0 Å². The molecule has 2 heterocycles. The van der Waals surface area contributed by atoms with Crippen molar-refractivity contribution in [1.82, 2.24) is 10.2 Å². The van der Waals surface area contributed by atoms with Crippen molar-refractivity contribution in [2.75, 3.05) is 5.32 Å². The lowest BCUT2D eigenvalue weighted by molar-refractivity contribution is -0.137. The third-order valence-electron chi connectivity index (χ3n) is 5.43. The summed E-state index contributed by atoms with van der Waals surface area (Å²) in [5.74, 6) is -1.53. The van der Waals surface area contributed by atoms with Crippen LogP contribution < -0.4 is 16.4 Å². The normalized spacial score (nSPS) is 18.2. The zero-order valence-corrected chi connectivity index (χ0v) is 16.7. The maximum absolute atomic E-state index is 12.8. The fourth-order valence-corrected chi connectivity index (χ4v) is 3.85. The van der Waals surface area contributed by atoms with E-state index in [9.17, 15) is 24.0 Å². The van der Waals surface area contributed by atoms with E-state index in [2.05, 4.69) is 10.6 Å². The molecule has 1 fully saturated rings. The lowest BCUT2D eigenvalue weighted by Crippen LogP contribution is -2.52. The largest absolute Gasteiger partial charge is 0.370 e. The summed E-state index contributed by atoms with van der Waals surface area (Å²) in [6.45, 7) is 0.212. The number of nitrogens with two attached hydrogens (primary N) is 1. The molecule has 0 spiro atoms. The number of hydrogen-bond donors (Lipinski definition) is 3. The minimum Gasteiger partial charge on any atom is -0.370 e. The number of piperidine rings is 1. The highest BCUT2D eigenvalue weighted by molar-refractivity contribution is 6.06. The molecule has 3 rings (SSSR count). The first kappa shape index (κ1) is 21.5. The molecule has 2 aliphatic heterocycles. The summed E-state index contributed by atoms with van der Waals surface area (Å²) in [4.78, 5) is 60.8. The number of amides is 5. The number of unbranched alkanes of at least 4 members (excludes halogenated alkanes) is 3. The summed E-state index contributed by atoms with van der Waals surface area (Å²) in [5, 5.41) is 5.14. The lowest BCUT2D eigenvalue weighted by Gasteiger charge is -2.29. The number of imide groups is 1. The standard InChI is InChI=1S/C21H26N4O5/c22-17(26)8-3-1-2-4-9-18(27)23-15-7-5-6-13-14(15)12-25(21(13)30)16-10-11-19(28)24-20(16)29/h5-7,16H,1-4,8-12H2,(H2,22,26)(H,23,27)(H,24,28,29). The molecular formula is C21H26N4O5. The summed E-state index contributed by atoms with van der Waals surface area (Å²) in [6, 6.07) is 4.43. The molecule has 0 aliphatic carbocycles. The lowest BCUT2D eigenvalue weighted by atomic mass is 10.0. The van der Waals surface area contributed by atoms with Crippen molar-refractivity contribution in [3.63, 3.8) is 0 Å². The van der Waals surface area contributed by atoms with Gasteiger partial charge >= 0.3 is 0 Å². The summed E-state index contributed by atoms with van der Waals surface area (Å²) in [5.41, 5.74) is 6.81. The first-order valence-electron chi connectivity index (χ1n) is 10.2. The topological polar surface area (TPSA) is 139 Å². The van der Waals surface area contributed by atoms with E-state index in [0.29, 0.717) is 42.5 Å². The predicted molar refractivity (Wildman–Crippen MR) is 108 cm³/mol. The number of carbonyl (C=O) groups is 5. The van der Waals surface area contributed by atoms with Gasteiger partial charge in [0.15, 0.2) is 0 Å². The highest BCUT2D eigenvalue weighted by Gasteiger charge is 2.39. The Morgan fingerprint density at radius 3 is 2.53 bits per heavy atom. The number of nitrogens with one attached hydrogen (secondary N) is 2. The quantitative estimate of drug-likeness (QED) is 0.412. The first-order valence-corrected chi connectivity index (χ1v) is 10.2. The molecule has 4 N–H and O–H groups in total. The van der Waals surface area contributed by atoms with E-state index in [1.165, 1.54) is 4.90 Å². The molecule has 0 radical (unpaired) electrons. The van der Waals surface area contributed by atoms with Gasteiger partial charge in [0.25, 0.3) is 5.91 Å². The molecule has 0 saturated carbocycles. The molecule has 5 amide bonds. The Balaban J connectivity index is 1.57. The van der Waals surface area contributed by atoms with Crippen LogP contribution >= 0.6 is 0 Å². The Morgan fingerprint density at radius 2 is 1.83 bits per heavy atom. The minimum atomic E-state index is -0.688. The molecule has 0 bridgehead atoms. The van der Waals surface area contributed by atoms with Crippen molar-refractivity contribution < 1.29 is 24.0 Å². The summed E-state index contributed by atoms with van der Waals surface area (Å²) in [6.07, 6.45) is 4.27. The third-order valence-corrected chi connectivity index (χ3v) is 5.43. The average molecular weight is 414 g/mol. The van der Waals surface area contributed by atoms with Crippen LogP contribution in [0.3, 0.4) is 0 Å². The molecule has 2 aliphatic rings. The Bertz CT molecular complexity index is 882. The number of anilines is 1. The second-order valence-electron chi connectivity index (χ2n) is 7.66. The molecule has 1 aromatic rings. The van der Waals surface area contributed by atoms with E-state index in [0.717, 1.165) is 19.3 Å². The monoisotopic (exact) mass is 414 g/mol. The molecular weight excluding hydrogens is 388 g/mol. The minimum absolute atomic E-state index is 0.148. The van der Waals surface area contributed by atoms with Crippen molar-refractivity contribution in [2.24, 2.45) is 5.73 Å². The van der Waals surface area contributed by atoms with Crippen LogP contribution in [0.2, 0.25) is 0 Å². The number of rotatable bonds is 9. The van der Waals surface area contributed by atoms with E-state index in [1.54, 1.807) is 18.2 Å². The predicted octanol–water partition coefficient (Wildman–Crippen LogP) is 1.21. The Hall–Kier alpha value is -3.23. The summed E-state index contributed by atoms with van der Waals surface area (Å²) >= 11 is 0. The second kappa shape index (κ2) is 9.51. The van der Waals surface area contributed by atoms with Crippen LogP contribution in [-0.4, -0.2) is 40.5 Å². The number of fused-ring (bicyclic) bond motifs is 1. The van der Waals surface area contributed by atoms with Gasteiger partial charge in [-0.15, -0.1) is 0 Å². The van der Waals surface area contributed by atoms with E-state index < -0.39 is 11.9 Å². The Morgan fingerprint density at radius 1 is 1.10 bits per heavy atom. The Labute approximate surface area is 174 Å². The first-order chi connectivity index (χ1) is 14.4. The number of benzene rings is 1. The zero-order chi connectivity index (χ0) is 21.7. The molecule has 160 valence electrons. The van der Waals surface area contributed by atoms with Gasteiger partial charge in [-0.25, -0.2) is 0 Å². The fourth-order valence-electron chi connectivity index (χ4n) is 3.85. The van der Waals surface area contributed by atoms with E-state index in [4.69, 9.17) is 5.73 Å². The van der Waals surface area contributed by atoms with Gasteiger partial charge in [0, 0.05) is 42.6 Å². The number of primary amides is 1. The van der Waals surface area contributed by atoms with E-state index >= 15 is 0 Å². The van der Waals surface area contributed by atoms with Gasteiger partial charge in [0.1, 0.15) is 6.04 Å². The average Bonchev–Trinajstić information content (AvgIpc) is 3.02. The fraction of sp³-hybridized carbons (Fsp3) is 0.476. The highest BCUT2D eigenvalue weighted by Crippen LogP contribution is 2.32. The van der Waals surface area contributed by atoms with Gasteiger partial charge in [-0.1, -0.05) is 18.9 Å². The van der Waals surface area contributed by atoms with Crippen LogP contribution in [0, 0.1) is 0 Å². The van der Waals surface area contributed by atoms with Gasteiger partial charge in [0.2, 0.25) is 23.6 Å². The second-order valence-corrected chi connectivity index (χ2v) is 7.66. The van der Waals surface area contributed by atoms with Crippen LogP contribution in [0.4, 0.5) is 5.69 Å². The van der Waals surface area contributed by atoms with Gasteiger partial charge in [-0.3, -0.25) is 29.3 Å². The zero-order valence-electron chi connectivity index (χ0n) is 16.7. The van der Waals surface area contributed by atoms with Crippen molar-refractivity contribution in [1.29, 1.82) is 0 Å². The molecule has 1 unspecified atom stereocenters. The van der Waals surface area contributed by atoms with E-state index in [-0.39, 0.29) is 36.6 Å².